The Labute approximate surface area is 121 Å². The molecular weight excluding hydrogens is 272 g/mol. The van der Waals surface area contributed by atoms with E-state index in [1.807, 2.05) is 36.4 Å². The molecular formula is C16H14O5. The second kappa shape index (κ2) is 8.92. The number of hydrogen-bond acceptors (Lipinski definition) is 3. The van der Waals surface area contributed by atoms with Crippen LogP contribution in [0.3, 0.4) is 0 Å². The Kier molecular flexibility index (Phi) is 6.79. The van der Waals surface area contributed by atoms with Crippen molar-refractivity contribution in [2.75, 3.05) is 0 Å². The standard InChI is InChI=1S/C14H12.C2H2O5/c1-3-7-13(8-4-1)11-12-14-9-5-2-6-10-14;3-1(4)7-2(5)6/h1-12H;(H,3,4)(H,5,6). The average molecular weight is 286 g/mol. The topological polar surface area (TPSA) is 83.8 Å². The SMILES string of the molecule is C(=Cc1ccccc1)c1ccccc1.O=C(O)OC(=O)O. The summed E-state index contributed by atoms with van der Waals surface area (Å²) < 4.78 is 3.08. The highest BCUT2D eigenvalue weighted by molar-refractivity contribution is 5.74. The normalized spacial score (nSPS) is 9.52. The van der Waals surface area contributed by atoms with Crippen molar-refractivity contribution in [3.05, 3.63) is 71.8 Å². The average Bonchev–Trinajstić information content (AvgIpc) is 2.46. The Morgan fingerprint density at radius 3 is 1.29 bits per heavy atom. The number of rotatable bonds is 2. The van der Waals surface area contributed by atoms with Gasteiger partial charge in [0, 0.05) is 0 Å². The van der Waals surface area contributed by atoms with Crippen LogP contribution in [0.1, 0.15) is 11.1 Å². The predicted octanol–water partition coefficient (Wildman–Crippen LogP) is 4.22. The number of ether oxygens (including phenoxy) is 1. The van der Waals surface area contributed by atoms with Gasteiger partial charge in [-0.15, -0.1) is 0 Å². The number of carboxylic acid groups (broad SMARTS) is 2. The molecule has 0 aromatic heterocycles. The second-order valence-electron chi connectivity index (χ2n) is 3.79. The fraction of sp³-hybridized carbons (Fsp3) is 0. The fourth-order valence-electron chi connectivity index (χ4n) is 1.40. The maximum absolute atomic E-state index is 9.21. The van der Waals surface area contributed by atoms with Crippen LogP contribution in [-0.4, -0.2) is 22.5 Å². The van der Waals surface area contributed by atoms with Crippen LogP contribution in [-0.2, 0) is 4.74 Å². The van der Waals surface area contributed by atoms with E-state index in [1.165, 1.54) is 11.1 Å². The van der Waals surface area contributed by atoms with Crippen LogP contribution in [0.25, 0.3) is 12.2 Å². The number of benzene rings is 2. The van der Waals surface area contributed by atoms with Crippen molar-refractivity contribution in [3.8, 4) is 0 Å². The minimum atomic E-state index is -1.81. The van der Waals surface area contributed by atoms with Crippen LogP contribution in [0.2, 0.25) is 0 Å². The Hall–Kier alpha value is -3.08. The summed E-state index contributed by atoms with van der Waals surface area (Å²) in [6.07, 6.45) is 0.616. The van der Waals surface area contributed by atoms with E-state index >= 15 is 0 Å². The number of carbonyl (C=O) groups is 2. The van der Waals surface area contributed by atoms with E-state index in [-0.39, 0.29) is 0 Å². The van der Waals surface area contributed by atoms with Crippen molar-refractivity contribution >= 4 is 24.5 Å². The molecule has 108 valence electrons. The van der Waals surface area contributed by atoms with Gasteiger partial charge in [0.05, 0.1) is 0 Å². The highest BCUT2D eigenvalue weighted by Crippen LogP contribution is 2.06. The molecule has 0 aliphatic rings. The molecule has 0 saturated carbocycles. The smallest absolute Gasteiger partial charge is 0.449 e. The molecule has 5 nitrogen and oxygen atoms in total. The van der Waals surface area contributed by atoms with Crippen molar-refractivity contribution < 1.29 is 24.5 Å². The predicted molar refractivity (Wildman–Crippen MR) is 78.9 cm³/mol. The monoisotopic (exact) mass is 286 g/mol. The van der Waals surface area contributed by atoms with Crippen LogP contribution in [0, 0.1) is 0 Å². The Bertz CT molecular complexity index is 537. The molecule has 2 aromatic carbocycles. The molecule has 0 atom stereocenters. The minimum absolute atomic E-state index is 1.23. The van der Waals surface area contributed by atoms with E-state index in [9.17, 15) is 9.59 Å². The second-order valence-corrected chi connectivity index (χ2v) is 3.79. The van der Waals surface area contributed by atoms with Gasteiger partial charge in [0.2, 0.25) is 0 Å². The van der Waals surface area contributed by atoms with Crippen molar-refractivity contribution in [3.63, 3.8) is 0 Å². The summed E-state index contributed by atoms with van der Waals surface area (Å²) in [5.41, 5.74) is 2.47. The fourth-order valence-corrected chi connectivity index (χ4v) is 1.40. The van der Waals surface area contributed by atoms with Crippen molar-refractivity contribution in [2.45, 2.75) is 0 Å². The van der Waals surface area contributed by atoms with Crippen molar-refractivity contribution in [1.82, 2.24) is 0 Å². The van der Waals surface area contributed by atoms with Gasteiger partial charge < -0.3 is 14.9 Å². The molecule has 0 heterocycles. The van der Waals surface area contributed by atoms with E-state index in [1.54, 1.807) is 0 Å². The Balaban J connectivity index is 0.000000270. The van der Waals surface area contributed by atoms with Crippen LogP contribution in [0.4, 0.5) is 9.59 Å². The Morgan fingerprint density at radius 1 is 0.714 bits per heavy atom. The van der Waals surface area contributed by atoms with Crippen molar-refractivity contribution in [2.24, 2.45) is 0 Å². The molecule has 0 aliphatic carbocycles. The third-order valence-corrected chi connectivity index (χ3v) is 2.24. The van der Waals surface area contributed by atoms with Gasteiger partial charge in [-0.25, -0.2) is 9.59 Å². The first-order valence-corrected chi connectivity index (χ1v) is 6.00. The summed E-state index contributed by atoms with van der Waals surface area (Å²) in [5.74, 6) is 0. The zero-order chi connectivity index (χ0) is 15.5. The first kappa shape index (κ1) is 16.0. The van der Waals surface area contributed by atoms with E-state index in [2.05, 4.69) is 41.2 Å². The Morgan fingerprint density at radius 2 is 1.05 bits per heavy atom. The van der Waals surface area contributed by atoms with E-state index in [0.29, 0.717) is 0 Å². The lowest BCUT2D eigenvalue weighted by Gasteiger charge is -1.92. The first-order valence-electron chi connectivity index (χ1n) is 6.00. The van der Waals surface area contributed by atoms with Gasteiger partial charge in [-0.1, -0.05) is 72.8 Å². The van der Waals surface area contributed by atoms with Crippen LogP contribution in [0.5, 0.6) is 0 Å². The molecule has 2 N–H and O–H groups in total. The molecule has 0 unspecified atom stereocenters. The van der Waals surface area contributed by atoms with Gasteiger partial charge in [0.25, 0.3) is 0 Å². The highest BCUT2D eigenvalue weighted by atomic mass is 16.7. The molecule has 0 spiro atoms. The van der Waals surface area contributed by atoms with E-state index < -0.39 is 12.3 Å². The quantitative estimate of drug-likeness (QED) is 0.490. The third kappa shape index (κ3) is 7.84. The molecule has 0 fully saturated rings. The summed E-state index contributed by atoms with van der Waals surface area (Å²) in [6, 6.07) is 20.6. The lowest BCUT2D eigenvalue weighted by atomic mass is 10.1. The zero-order valence-corrected chi connectivity index (χ0v) is 11.0. The molecule has 0 amide bonds. The number of hydrogen-bond donors (Lipinski definition) is 2. The molecule has 2 aromatic rings. The molecule has 5 heteroatoms. The summed E-state index contributed by atoms with van der Waals surface area (Å²) in [4.78, 5) is 18.4. The van der Waals surface area contributed by atoms with Gasteiger partial charge >= 0.3 is 12.3 Å². The highest BCUT2D eigenvalue weighted by Gasteiger charge is 2.01. The largest absolute Gasteiger partial charge is 0.516 e. The maximum atomic E-state index is 9.21. The lowest BCUT2D eigenvalue weighted by Crippen LogP contribution is -2.05. The third-order valence-electron chi connectivity index (χ3n) is 2.24. The summed E-state index contributed by atoms with van der Waals surface area (Å²) in [5, 5.41) is 15.0. The summed E-state index contributed by atoms with van der Waals surface area (Å²) in [6.45, 7) is 0. The van der Waals surface area contributed by atoms with Crippen LogP contribution >= 0.6 is 0 Å². The van der Waals surface area contributed by atoms with Crippen molar-refractivity contribution in [1.29, 1.82) is 0 Å². The van der Waals surface area contributed by atoms with Gasteiger partial charge in [-0.05, 0) is 11.1 Å². The van der Waals surface area contributed by atoms with Gasteiger partial charge in [0.15, 0.2) is 0 Å². The first-order chi connectivity index (χ1) is 10.1. The van der Waals surface area contributed by atoms with Gasteiger partial charge in [-0.3, -0.25) is 0 Å². The van der Waals surface area contributed by atoms with E-state index in [0.717, 1.165) is 0 Å². The van der Waals surface area contributed by atoms with Gasteiger partial charge in [0.1, 0.15) is 0 Å². The maximum Gasteiger partial charge on any atom is 0.516 e. The van der Waals surface area contributed by atoms with E-state index in [4.69, 9.17) is 10.2 Å². The molecule has 0 bridgehead atoms. The summed E-state index contributed by atoms with van der Waals surface area (Å²) in [7, 11) is 0. The van der Waals surface area contributed by atoms with Crippen LogP contribution in [0.15, 0.2) is 60.7 Å². The molecule has 0 radical (unpaired) electrons. The van der Waals surface area contributed by atoms with Crippen LogP contribution < -0.4 is 0 Å². The summed E-state index contributed by atoms with van der Waals surface area (Å²) >= 11 is 0. The van der Waals surface area contributed by atoms with Gasteiger partial charge in [-0.2, -0.15) is 0 Å². The zero-order valence-electron chi connectivity index (χ0n) is 11.0. The molecule has 0 aliphatic heterocycles. The lowest BCUT2D eigenvalue weighted by molar-refractivity contribution is 0.0802. The molecule has 2 rings (SSSR count). The minimum Gasteiger partial charge on any atom is -0.449 e. The molecule has 0 saturated heterocycles. The molecule has 21 heavy (non-hydrogen) atoms.